The molecule has 1 atom stereocenters. The van der Waals surface area contributed by atoms with Crippen LogP contribution < -0.4 is 4.74 Å². The fourth-order valence-electron chi connectivity index (χ4n) is 2.54. The minimum absolute atomic E-state index is 0.264. The molecule has 1 fully saturated rings. The Morgan fingerprint density at radius 3 is 2.61 bits per heavy atom. The molecule has 1 heterocycles. The number of rotatable bonds is 4. The lowest BCUT2D eigenvalue weighted by Gasteiger charge is -2.32. The molecule has 0 aliphatic carbocycles. The summed E-state index contributed by atoms with van der Waals surface area (Å²) in [6, 6.07) is 3.64. The summed E-state index contributed by atoms with van der Waals surface area (Å²) in [6.07, 6.45) is -2.90. The lowest BCUT2D eigenvalue weighted by atomic mass is 10.0. The average molecular weight is 331 g/mol. The quantitative estimate of drug-likeness (QED) is 0.921. The predicted molar refractivity (Wildman–Crippen MR) is 73.9 cm³/mol. The maximum atomic E-state index is 12.8. The van der Waals surface area contributed by atoms with Gasteiger partial charge in [-0.15, -0.1) is 0 Å². The van der Waals surface area contributed by atoms with Crippen molar-refractivity contribution < 1.29 is 32.6 Å². The number of carboxylic acid groups (broad SMARTS) is 1. The predicted octanol–water partition coefficient (Wildman–Crippen LogP) is 2.55. The molecule has 1 aromatic rings. The first-order valence-electron chi connectivity index (χ1n) is 7.12. The number of carboxylic acids is 1. The van der Waals surface area contributed by atoms with Crippen LogP contribution in [-0.4, -0.2) is 41.1 Å². The van der Waals surface area contributed by atoms with Crippen molar-refractivity contribution >= 4 is 11.9 Å². The van der Waals surface area contributed by atoms with Crippen LogP contribution in [0.4, 0.5) is 13.2 Å². The van der Waals surface area contributed by atoms with Gasteiger partial charge < -0.3 is 14.7 Å². The normalized spacial score (nSPS) is 18.6. The number of aliphatic carboxylic acids is 1. The number of hydrogen-bond acceptors (Lipinski definition) is 3. The van der Waals surface area contributed by atoms with Gasteiger partial charge in [0.15, 0.2) is 6.61 Å². The first-order chi connectivity index (χ1) is 10.8. The van der Waals surface area contributed by atoms with Gasteiger partial charge in [-0.2, -0.15) is 13.2 Å². The molecule has 1 aliphatic heterocycles. The van der Waals surface area contributed by atoms with E-state index in [1.807, 2.05) is 0 Å². The molecule has 1 N–H and O–H groups in total. The number of carbonyl (C=O) groups is 2. The molecule has 5 nitrogen and oxygen atoms in total. The van der Waals surface area contributed by atoms with Crippen LogP contribution in [0.15, 0.2) is 24.3 Å². The fraction of sp³-hybridized carbons (Fsp3) is 0.467. The maximum absolute atomic E-state index is 12.8. The Balaban J connectivity index is 2.06. The van der Waals surface area contributed by atoms with Gasteiger partial charge in [0.2, 0.25) is 0 Å². The molecule has 1 saturated heterocycles. The highest BCUT2D eigenvalue weighted by molar-refractivity contribution is 5.84. The van der Waals surface area contributed by atoms with Gasteiger partial charge in [-0.1, -0.05) is 12.1 Å². The standard InChI is InChI=1S/C15H16F3NO4/c16-15(17,18)10-5-1-2-7-12(10)23-9-13(20)19-8-4-3-6-11(19)14(21)22/h1-2,5,7,11H,3-4,6,8-9H2,(H,21,22). The second-order valence-corrected chi connectivity index (χ2v) is 5.22. The summed E-state index contributed by atoms with van der Waals surface area (Å²) < 4.78 is 43.5. The monoisotopic (exact) mass is 331 g/mol. The Kier molecular flexibility index (Phi) is 5.12. The highest BCUT2D eigenvalue weighted by Gasteiger charge is 2.35. The molecule has 1 unspecified atom stereocenters. The Hall–Kier alpha value is -2.25. The van der Waals surface area contributed by atoms with Crippen LogP contribution >= 0.6 is 0 Å². The smallest absolute Gasteiger partial charge is 0.419 e. The van der Waals surface area contributed by atoms with E-state index in [9.17, 15) is 22.8 Å². The second-order valence-electron chi connectivity index (χ2n) is 5.22. The zero-order valence-electron chi connectivity index (χ0n) is 12.2. The number of halogens is 3. The van der Waals surface area contributed by atoms with Gasteiger partial charge in [-0.05, 0) is 31.4 Å². The molecule has 0 aromatic heterocycles. The number of amides is 1. The summed E-state index contributed by atoms with van der Waals surface area (Å²) in [5.74, 6) is -2.19. The maximum Gasteiger partial charge on any atom is 0.419 e. The summed E-state index contributed by atoms with van der Waals surface area (Å²) in [4.78, 5) is 24.4. The van der Waals surface area contributed by atoms with Crippen LogP contribution in [0.1, 0.15) is 24.8 Å². The van der Waals surface area contributed by atoms with E-state index >= 15 is 0 Å². The van der Waals surface area contributed by atoms with Crippen molar-refractivity contribution in [2.75, 3.05) is 13.2 Å². The summed E-state index contributed by atoms with van der Waals surface area (Å²) in [5.41, 5.74) is -0.971. The minimum atomic E-state index is -4.59. The van der Waals surface area contributed by atoms with Gasteiger partial charge in [0.1, 0.15) is 11.8 Å². The summed E-state index contributed by atoms with van der Waals surface area (Å²) >= 11 is 0. The number of para-hydroxylation sites is 1. The van der Waals surface area contributed by atoms with Crippen LogP contribution in [0.5, 0.6) is 5.75 Å². The number of nitrogens with zero attached hydrogens (tertiary/aromatic N) is 1. The first kappa shape index (κ1) is 17.1. The van der Waals surface area contributed by atoms with Crippen LogP contribution in [0, 0.1) is 0 Å². The largest absolute Gasteiger partial charge is 0.483 e. The van der Waals surface area contributed by atoms with E-state index in [1.165, 1.54) is 12.1 Å². The summed E-state index contributed by atoms with van der Waals surface area (Å²) in [6.45, 7) is -0.364. The molecular weight excluding hydrogens is 315 g/mol. The molecule has 2 rings (SSSR count). The summed E-state index contributed by atoms with van der Waals surface area (Å²) in [5, 5.41) is 9.11. The Bertz CT molecular complexity index is 588. The number of carbonyl (C=O) groups excluding carboxylic acids is 1. The minimum Gasteiger partial charge on any atom is -0.483 e. The zero-order valence-corrected chi connectivity index (χ0v) is 12.2. The third-order valence-electron chi connectivity index (χ3n) is 3.65. The number of hydrogen-bond donors (Lipinski definition) is 1. The Morgan fingerprint density at radius 1 is 1.26 bits per heavy atom. The molecule has 1 aromatic carbocycles. The third kappa shape index (κ3) is 4.14. The van der Waals surface area contributed by atoms with Crippen LogP contribution in [-0.2, 0) is 15.8 Å². The van der Waals surface area contributed by atoms with Crippen molar-refractivity contribution in [1.29, 1.82) is 0 Å². The van der Waals surface area contributed by atoms with Gasteiger partial charge in [-0.3, -0.25) is 4.79 Å². The average Bonchev–Trinajstić information content (AvgIpc) is 2.52. The fourth-order valence-corrected chi connectivity index (χ4v) is 2.54. The van der Waals surface area contributed by atoms with Gasteiger partial charge in [0.05, 0.1) is 5.56 Å². The van der Waals surface area contributed by atoms with Gasteiger partial charge in [0.25, 0.3) is 5.91 Å². The third-order valence-corrected chi connectivity index (χ3v) is 3.65. The SMILES string of the molecule is O=C(O)C1CCCCN1C(=O)COc1ccccc1C(F)(F)F. The number of piperidine rings is 1. The van der Waals surface area contributed by atoms with E-state index in [2.05, 4.69) is 0 Å². The van der Waals surface area contributed by atoms with Crippen molar-refractivity contribution in [2.45, 2.75) is 31.5 Å². The van der Waals surface area contributed by atoms with Crippen molar-refractivity contribution in [3.8, 4) is 5.75 Å². The number of likely N-dealkylation sites (tertiary alicyclic amines) is 1. The molecule has 0 spiro atoms. The van der Waals surface area contributed by atoms with Crippen molar-refractivity contribution in [3.05, 3.63) is 29.8 Å². The van der Waals surface area contributed by atoms with E-state index < -0.39 is 42.0 Å². The van der Waals surface area contributed by atoms with Gasteiger partial charge >= 0.3 is 12.1 Å². The molecule has 0 radical (unpaired) electrons. The molecular formula is C15H16F3NO4. The number of benzene rings is 1. The lowest BCUT2D eigenvalue weighted by Crippen LogP contribution is -2.49. The molecule has 0 bridgehead atoms. The van der Waals surface area contributed by atoms with E-state index in [0.717, 1.165) is 17.0 Å². The molecule has 23 heavy (non-hydrogen) atoms. The molecule has 1 aliphatic rings. The van der Waals surface area contributed by atoms with E-state index in [4.69, 9.17) is 9.84 Å². The zero-order chi connectivity index (χ0) is 17.0. The summed E-state index contributed by atoms with van der Waals surface area (Å²) in [7, 11) is 0. The van der Waals surface area contributed by atoms with E-state index in [1.54, 1.807) is 0 Å². The Labute approximate surface area is 130 Å². The number of ether oxygens (including phenoxy) is 1. The molecule has 1 amide bonds. The van der Waals surface area contributed by atoms with Gasteiger partial charge in [0, 0.05) is 6.54 Å². The van der Waals surface area contributed by atoms with E-state index in [-0.39, 0.29) is 6.54 Å². The second kappa shape index (κ2) is 6.89. The number of alkyl halides is 3. The van der Waals surface area contributed by atoms with Crippen LogP contribution in [0.25, 0.3) is 0 Å². The Morgan fingerprint density at radius 2 is 1.96 bits per heavy atom. The highest BCUT2D eigenvalue weighted by atomic mass is 19.4. The molecule has 126 valence electrons. The highest BCUT2D eigenvalue weighted by Crippen LogP contribution is 2.35. The van der Waals surface area contributed by atoms with E-state index in [0.29, 0.717) is 19.3 Å². The topological polar surface area (TPSA) is 66.8 Å². The molecule has 8 heteroatoms. The van der Waals surface area contributed by atoms with Crippen molar-refractivity contribution in [2.24, 2.45) is 0 Å². The van der Waals surface area contributed by atoms with Crippen LogP contribution in [0.3, 0.4) is 0 Å². The van der Waals surface area contributed by atoms with Crippen LogP contribution in [0.2, 0.25) is 0 Å². The lowest BCUT2D eigenvalue weighted by molar-refractivity contribution is -0.153. The first-order valence-corrected chi connectivity index (χ1v) is 7.12. The molecule has 0 saturated carbocycles. The van der Waals surface area contributed by atoms with Gasteiger partial charge in [-0.25, -0.2) is 4.79 Å². The van der Waals surface area contributed by atoms with Crippen molar-refractivity contribution in [1.82, 2.24) is 4.90 Å². The van der Waals surface area contributed by atoms with Crippen molar-refractivity contribution in [3.63, 3.8) is 0 Å².